The van der Waals surface area contributed by atoms with Crippen LogP contribution in [0.15, 0.2) is 9.59 Å². The zero-order valence-electron chi connectivity index (χ0n) is 19.5. The molecule has 2 aliphatic rings. The fraction of sp³-hybridized carbons (Fsp3) is 0.783. The van der Waals surface area contributed by atoms with E-state index in [9.17, 15) is 9.59 Å². The van der Waals surface area contributed by atoms with Crippen molar-refractivity contribution >= 4 is 11.2 Å². The van der Waals surface area contributed by atoms with Crippen LogP contribution in [-0.4, -0.2) is 57.2 Å². The summed E-state index contributed by atoms with van der Waals surface area (Å²) in [4.78, 5) is 36.5. The van der Waals surface area contributed by atoms with E-state index in [0.717, 1.165) is 44.6 Å². The molecule has 31 heavy (non-hydrogen) atoms. The maximum atomic E-state index is 13.1. The number of hydrogen-bond donors (Lipinski definition) is 2. The van der Waals surface area contributed by atoms with Gasteiger partial charge in [0.1, 0.15) is 11.3 Å². The van der Waals surface area contributed by atoms with Gasteiger partial charge in [-0.2, -0.15) is 0 Å². The molecule has 8 nitrogen and oxygen atoms in total. The lowest BCUT2D eigenvalue weighted by molar-refractivity contribution is 0.232. The number of imidazole rings is 1. The Hall–Kier alpha value is -1.93. The third kappa shape index (κ3) is 4.24. The van der Waals surface area contributed by atoms with Crippen molar-refractivity contribution in [3.8, 4) is 0 Å². The number of likely N-dealkylation sites (N-methyl/N-ethyl adjacent to an activating group) is 1. The summed E-state index contributed by atoms with van der Waals surface area (Å²) >= 11 is 0. The van der Waals surface area contributed by atoms with Crippen LogP contribution in [0.5, 0.6) is 0 Å². The third-order valence-corrected chi connectivity index (χ3v) is 7.18. The molecule has 2 N–H and O–H groups in total. The zero-order chi connectivity index (χ0) is 22.1. The van der Waals surface area contributed by atoms with Gasteiger partial charge in [0.25, 0.3) is 5.56 Å². The van der Waals surface area contributed by atoms with Crippen molar-refractivity contribution in [2.24, 2.45) is 11.8 Å². The summed E-state index contributed by atoms with van der Waals surface area (Å²) in [6, 6.07) is 0.568. The minimum Gasteiger partial charge on any atom is -0.336 e. The minimum atomic E-state index is -0.226. The van der Waals surface area contributed by atoms with Crippen molar-refractivity contribution in [1.29, 1.82) is 0 Å². The second-order valence-corrected chi connectivity index (χ2v) is 9.76. The summed E-state index contributed by atoms with van der Waals surface area (Å²) in [5, 5.41) is 3.75. The number of rotatable bonds is 9. The van der Waals surface area contributed by atoms with E-state index in [1.165, 1.54) is 17.4 Å². The Morgan fingerprint density at radius 2 is 1.71 bits per heavy atom. The van der Waals surface area contributed by atoms with Gasteiger partial charge in [0.05, 0.1) is 0 Å². The largest absolute Gasteiger partial charge is 0.336 e. The molecule has 172 valence electrons. The second-order valence-electron chi connectivity index (χ2n) is 9.76. The zero-order valence-corrected chi connectivity index (χ0v) is 19.5. The Kier molecular flexibility index (Phi) is 6.67. The molecule has 2 bridgehead atoms. The van der Waals surface area contributed by atoms with Crippen molar-refractivity contribution in [1.82, 2.24) is 29.3 Å². The molecule has 2 aromatic heterocycles. The van der Waals surface area contributed by atoms with Gasteiger partial charge in [-0.15, -0.1) is 0 Å². The maximum absolute atomic E-state index is 13.1. The molecule has 2 aromatic rings. The molecular weight excluding hydrogens is 392 g/mol. The summed E-state index contributed by atoms with van der Waals surface area (Å²) in [7, 11) is 4.22. The van der Waals surface area contributed by atoms with E-state index < -0.39 is 0 Å². The highest BCUT2D eigenvalue weighted by molar-refractivity contribution is 5.70. The van der Waals surface area contributed by atoms with Gasteiger partial charge in [-0.1, -0.05) is 13.8 Å². The average molecular weight is 431 g/mol. The molecule has 0 saturated heterocycles. The van der Waals surface area contributed by atoms with Gasteiger partial charge < -0.3 is 15.2 Å². The monoisotopic (exact) mass is 430 g/mol. The Labute approximate surface area is 184 Å². The van der Waals surface area contributed by atoms with Gasteiger partial charge in [-0.25, -0.2) is 9.78 Å². The molecule has 2 heterocycles. The molecule has 2 saturated carbocycles. The third-order valence-electron chi connectivity index (χ3n) is 7.18. The van der Waals surface area contributed by atoms with Crippen molar-refractivity contribution in [2.75, 3.05) is 27.2 Å². The summed E-state index contributed by atoms with van der Waals surface area (Å²) in [5.74, 6) is 2.45. The van der Waals surface area contributed by atoms with Crippen LogP contribution in [0.1, 0.15) is 64.1 Å². The van der Waals surface area contributed by atoms with Gasteiger partial charge in [-0.3, -0.25) is 13.9 Å². The number of H-pyrrole nitrogens is 1. The Morgan fingerprint density at radius 1 is 1.06 bits per heavy atom. The normalized spacial score (nSPS) is 25.7. The van der Waals surface area contributed by atoms with Gasteiger partial charge >= 0.3 is 5.69 Å². The number of nitrogens with one attached hydrogen (secondary N) is 2. The van der Waals surface area contributed by atoms with Crippen LogP contribution in [-0.2, 0) is 13.1 Å². The van der Waals surface area contributed by atoms with Crippen LogP contribution in [0, 0.1) is 11.8 Å². The van der Waals surface area contributed by atoms with Gasteiger partial charge in [0.15, 0.2) is 5.65 Å². The first-order valence-corrected chi connectivity index (χ1v) is 12.1. The van der Waals surface area contributed by atoms with Crippen molar-refractivity contribution in [3.05, 3.63) is 26.7 Å². The lowest BCUT2D eigenvalue weighted by atomic mass is 9.75. The Bertz CT molecular complexity index is 1010. The number of hydrogen-bond acceptors (Lipinski definition) is 5. The van der Waals surface area contributed by atoms with Gasteiger partial charge in [0, 0.05) is 38.1 Å². The Morgan fingerprint density at radius 3 is 2.32 bits per heavy atom. The quantitative estimate of drug-likeness (QED) is 0.636. The predicted molar refractivity (Wildman–Crippen MR) is 124 cm³/mol. The van der Waals surface area contributed by atoms with Crippen LogP contribution in [0.25, 0.3) is 11.2 Å². The first kappa shape index (κ1) is 22.3. The van der Waals surface area contributed by atoms with E-state index in [2.05, 4.69) is 29.3 Å². The van der Waals surface area contributed by atoms with E-state index >= 15 is 0 Å². The second kappa shape index (κ2) is 9.28. The molecule has 2 fully saturated rings. The molecule has 0 radical (unpaired) electrons. The molecule has 2 atom stereocenters. The molecular formula is C23H38N6O2. The van der Waals surface area contributed by atoms with E-state index in [4.69, 9.17) is 4.98 Å². The summed E-state index contributed by atoms with van der Waals surface area (Å²) < 4.78 is 3.07. The minimum absolute atomic E-state index is 0.223. The van der Waals surface area contributed by atoms with Crippen LogP contribution in [0.4, 0.5) is 0 Å². The fourth-order valence-electron chi connectivity index (χ4n) is 5.82. The highest BCUT2D eigenvalue weighted by Crippen LogP contribution is 2.51. The molecule has 2 unspecified atom stereocenters. The van der Waals surface area contributed by atoms with Crippen molar-refractivity contribution < 1.29 is 0 Å². The number of aromatic nitrogens is 4. The topological polar surface area (TPSA) is 87.9 Å². The fourth-order valence-corrected chi connectivity index (χ4v) is 5.82. The average Bonchev–Trinajstić information content (AvgIpc) is 3.27. The van der Waals surface area contributed by atoms with E-state index in [-0.39, 0.29) is 11.2 Å². The molecule has 0 aromatic carbocycles. The molecule has 0 spiro atoms. The maximum Gasteiger partial charge on any atom is 0.332 e. The van der Waals surface area contributed by atoms with E-state index in [0.29, 0.717) is 48.0 Å². The predicted octanol–water partition coefficient (Wildman–Crippen LogP) is 2.13. The first-order valence-electron chi connectivity index (χ1n) is 12.1. The summed E-state index contributed by atoms with van der Waals surface area (Å²) in [6.45, 7) is 7.14. The van der Waals surface area contributed by atoms with Gasteiger partial charge in [-0.05, 0) is 64.5 Å². The van der Waals surface area contributed by atoms with Crippen LogP contribution in [0.3, 0.4) is 0 Å². The van der Waals surface area contributed by atoms with E-state index in [1.54, 1.807) is 4.57 Å². The first-order chi connectivity index (χ1) is 14.9. The highest BCUT2D eigenvalue weighted by atomic mass is 16.2. The van der Waals surface area contributed by atoms with E-state index in [1.807, 2.05) is 13.8 Å². The molecule has 4 rings (SSSR count). The smallest absolute Gasteiger partial charge is 0.332 e. The van der Waals surface area contributed by atoms with Crippen LogP contribution >= 0.6 is 0 Å². The lowest BCUT2D eigenvalue weighted by Gasteiger charge is -2.35. The van der Waals surface area contributed by atoms with Crippen molar-refractivity contribution in [3.63, 3.8) is 0 Å². The highest BCUT2D eigenvalue weighted by Gasteiger charge is 2.44. The molecule has 8 heteroatoms. The summed E-state index contributed by atoms with van der Waals surface area (Å²) in [5.41, 5.74) is 0.599. The number of aryl methyl sites for hydroxylation is 1. The van der Waals surface area contributed by atoms with Crippen LogP contribution < -0.4 is 16.6 Å². The number of nitrogens with zero attached hydrogens (tertiary/aromatic N) is 4. The van der Waals surface area contributed by atoms with Crippen LogP contribution in [0.2, 0.25) is 0 Å². The molecule has 0 aliphatic heterocycles. The lowest BCUT2D eigenvalue weighted by Crippen LogP contribution is -2.40. The molecule has 0 amide bonds. The number of aromatic amines is 1. The van der Waals surface area contributed by atoms with Gasteiger partial charge in [0.2, 0.25) is 0 Å². The standard InChI is InChI=1S/C23H38N6O2/c1-5-10-28-21-19(22(30)29(11-6-2)23(28)31)25-20(26-21)18-15-7-8-16(18)14-17(13-15)24-9-12-27(3)4/h15-18,24H,5-14H2,1-4H3,(H,25,26). The summed E-state index contributed by atoms with van der Waals surface area (Å²) in [6.07, 6.45) is 6.35. The Balaban J connectivity index is 1.64. The SMILES string of the molecule is CCCn1c(=O)c2[nH]c(C3C4CCC3CC(NCCN(C)C)C4)nc2n(CCC)c1=O. The molecule has 2 aliphatic carbocycles. The number of fused-ring (bicyclic) bond motifs is 3. The van der Waals surface area contributed by atoms with Crippen molar-refractivity contribution in [2.45, 2.75) is 77.4 Å².